The molecule has 1 aromatic carbocycles. The third-order valence-electron chi connectivity index (χ3n) is 3.96. The number of ether oxygens (including phenoxy) is 1. The van der Waals surface area contributed by atoms with Gasteiger partial charge in [0.2, 0.25) is 0 Å². The highest BCUT2D eigenvalue weighted by Crippen LogP contribution is 2.33. The second kappa shape index (κ2) is 5.20. The van der Waals surface area contributed by atoms with Crippen molar-refractivity contribution in [2.24, 2.45) is 5.41 Å². The molecule has 1 aromatic heterocycles. The lowest BCUT2D eigenvalue weighted by molar-refractivity contribution is 0.0138. The number of hydrogen-bond acceptors (Lipinski definition) is 5. The summed E-state index contributed by atoms with van der Waals surface area (Å²) >= 11 is 0. The fourth-order valence-electron chi connectivity index (χ4n) is 2.59. The number of nitrogens with zero attached hydrogens (tertiary/aromatic N) is 4. The van der Waals surface area contributed by atoms with Gasteiger partial charge in [-0.05, 0) is 40.8 Å². The fourth-order valence-corrected chi connectivity index (χ4v) is 2.59. The normalized spacial score (nSPS) is 18.1. The predicted molar refractivity (Wildman–Crippen MR) is 75.8 cm³/mol. The van der Waals surface area contributed by atoms with Crippen LogP contribution in [-0.2, 0) is 11.3 Å². The maximum Gasteiger partial charge on any atom is 0.184 e. The minimum atomic E-state index is 0.173. The van der Waals surface area contributed by atoms with Crippen molar-refractivity contribution in [1.82, 2.24) is 20.2 Å². The van der Waals surface area contributed by atoms with Crippen molar-refractivity contribution >= 4 is 5.69 Å². The van der Waals surface area contributed by atoms with Gasteiger partial charge in [0.05, 0.1) is 6.54 Å². The maximum atomic E-state index is 6.02. The van der Waals surface area contributed by atoms with Gasteiger partial charge in [0.1, 0.15) is 0 Å². The van der Waals surface area contributed by atoms with Crippen LogP contribution >= 0.6 is 0 Å². The Hall–Kier alpha value is -1.95. The first-order valence-electron chi connectivity index (χ1n) is 6.87. The lowest BCUT2D eigenvalue weighted by Crippen LogP contribution is -2.31. The Kier molecular flexibility index (Phi) is 3.40. The van der Waals surface area contributed by atoms with Gasteiger partial charge in [0, 0.05) is 24.5 Å². The van der Waals surface area contributed by atoms with Gasteiger partial charge < -0.3 is 10.5 Å². The topological polar surface area (TPSA) is 78.9 Å². The van der Waals surface area contributed by atoms with Gasteiger partial charge in [-0.1, -0.05) is 19.1 Å². The van der Waals surface area contributed by atoms with E-state index in [4.69, 9.17) is 10.5 Å². The second-order valence-corrected chi connectivity index (χ2v) is 5.67. The number of nitrogens with two attached hydrogens (primary N) is 1. The largest absolute Gasteiger partial charge is 0.398 e. The van der Waals surface area contributed by atoms with E-state index in [1.807, 2.05) is 28.9 Å². The Morgan fingerprint density at radius 1 is 1.30 bits per heavy atom. The lowest BCUT2D eigenvalue weighted by Gasteiger charge is -2.33. The van der Waals surface area contributed by atoms with Crippen LogP contribution in [0.25, 0.3) is 11.4 Å². The Morgan fingerprint density at radius 3 is 2.80 bits per heavy atom. The molecule has 2 heterocycles. The number of para-hydroxylation sites is 1. The van der Waals surface area contributed by atoms with Crippen LogP contribution in [0.3, 0.4) is 0 Å². The maximum absolute atomic E-state index is 6.02. The van der Waals surface area contributed by atoms with Gasteiger partial charge in [-0.25, -0.2) is 4.68 Å². The number of aromatic nitrogens is 4. The molecule has 1 fully saturated rings. The summed E-state index contributed by atoms with van der Waals surface area (Å²) in [6, 6.07) is 7.67. The minimum Gasteiger partial charge on any atom is -0.398 e. The summed E-state index contributed by atoms with van der Waals surface area (Å²) in [4.78, 5) is 0. The zero-order valence-electron chi connectivity index (χ0n) is 11.6. The summed E-state index contributed by atoms with van der Waals surface area (Å²) in [5, 5.41) is 12.1. The molecule has 0 aliphatic carbocycles. The van der Waals surface area contributed by atoms with Crippen molar-refractivity contribution in [3.8, 4) is 11.4 Å². The molecule has 106 valence electrons. The molecule has 0 bridgehead atoms. The van der Waals surface area contributed by atoms with Crippen LogP contribution < -0.4 is 5.73 Å². The molecule has 6 nitrogen and oxygen atoms in total. The van der Waals surface area contributed by atoms with Gasteiger partial charge in [0.25, 0.3) is 0 Å². The Bertz CT molecular complexity index is 589. The quantitative estimate of drug-likeness (QED) is 0.862. The summed E-state index contributed by atoms with van der Waals surface area (Å²) in [7, 11) is 0. The summed E-state index contributed by atoms with van der Waals surface area (Å²) in [6.07, 6.45) is 2.05. The zero-order chi connectivity index (χ0) is 14.0. The van der Waals surface area contributed by atoms with E-state index in [0.717, 1.165) is 44.0 Å². The van der Waals surface area contributed by atoms with E-state index < -0.39 is 0 Å². The van der Waals surface area contributed by atoms with E-state index in [1.54, 1.807) is 0 Å². The molecule has 0 radical (unpaired) electrons. The molecule has 1 aliphatic heterocycles. The third-order valence-corrected chi connectivity index (χ3v) is 3.96. The molecule has 1 aliphatic rings. The molecule has 0 saturated carbocycles. The molecule has 2 N–H and O–H groups in total. The predicted octanol–water partition coefficient (Wildman–Crippen LogP) is 1.74. The molecular formula is C14H19N5O. The van der Waals surface area contributed by atoms with Crippen molar-refractivity contribution in [3.63, 3.8) is 0 Å². The van der Waals surface area contributed by atoms with Crippen LogP contribution in [0, 0.1) is 5.41 Å². The molecule has 6 heteroatoms. The molecule has 0 atom stereocenters. The number of rotatable bonds is 3. The summed E-state index contributed by atoms with van der Waals surface area (Å²) in [5.74, 6) is 0.732. The fraction of sp³-hybridized carbons (Fsp3) is 0.500. The van der Waals surface area contributed by atoms with Crippen LogP contribution in [0.2, 0.25) is 0 Å². The Morgan fingerprint density at radius 2 is 2.05 bits per heavy atom. The number of nitrogen functional groups attached to an aromatic ring is 1. The van der Waals surface area contributed by atoms with Crippen LogP contribution in [-0.4, -0.2) is 33.4 Å². The summed E-state index contributed by atoms with van der Waals surface area (Å²) < 4.78 is 7.30. The second-order valence-electron chi connectivity index (χ2n) is 5.67. The first-order chi connectivity index (χ1) is 9.68. The lowest BCUT2D eigenvalue weighted by atomic mass is 9.82. The monoisotopic (exact) mass is 273 g/mol. The Balaban J connectivity index is 1.89. The van der Waals surface area contributed by atoms with E-state index in [0.29, 0.717) is 5.69 Å². The number of anilines is 1. The van der Waals surface area contributed by atoms with E-state index in [-0.39, 0.29) is 5.41 Å². The molecule has 3 rings (SSSR count). The van der Waals surface area contributed by atoms with E-state index >= 15 is 0 Å². The molecular weight excluding hydrogens is 254 g/mol. The van der Waals surface area contributed by atoms with Crippen molar-refractivity contribution in [1.29, 1.82) is 0 Å². The van der Waals surface area contributed by atoms with Crippen molar-refractivity contribution in [2.45, 2.75) is 26.3 Å². The number of benzene rings is 1. The zero-order valence-corrected chi connectivity index (χ0v) is 11.6. The van der Waals surface area contributed by atoms with Gasteiger partial charge in [0.15, 0.2) is 5.82 Å². The highest BCUT2D eigenvalue weighted by Gasteiger charge is 2.29. The highest BCUT2D eigenvalue weighted by molar-refractivity contribution is 5.70. The van der Waals surface area contributed by atoms with Gasteiger partial charge in [-0.3, -0.25) is 0 Å². The van der Waals surface area contributed by atoms with E-state index in [9.17, 15) is 0 Å². The molecule has 2 aromatic rings. The average Bonchev–Trinajstić information content (AvgIpc) is 2.87. The SMILES string of the molecule is CC1(Cn2nnnc2-c2ccccc2N)CCOCC1. The van der Waals surface area contributed by atoms with Crippen molar-refractivity contribution in [3.05, 3.63) is 24.3 Å². The van der Waals surface area contributed by atoms with Crippen molar-refractivity contribution in [2.75, 3.05) is 18.9 Å². The highest BCUT2D eigenvalue weighted by atomic mass is 16.5. The molecule has 0 amide bonds. The number of hydrogen-bond donors (Lipinski definition) is 1. The minimum absolute atomic E-state index is 0.173. The van der Waals surface area contributed by atoms with Gasteiger partial charge in [-0.15, -0.1) is 5.10 Å². The van der Waals surface area contributed by atoms with Crippen molar-refractivity contribution < 1.29 is 4.74 Å². The van der Waals surface area contributed by atoms with E-state index in [2.05, 4.69) is 22.4 Å². The first kappa shape index (κ1) is 13.1. The standard InChI is InChI=1S/C14H19N5O/c1-14(6-8-20-9-7-14)10-19-13(16-17-18-19)11-4-2-3-5-12(11)15/h2-5H,6-10,15H2,1H3. The average molecular weight is 273 g/mol. The molecule has 0 unspecified atom stereocenters. The summed E-state index contributed by atoms with van der Waals surface area (Å²) in [5.41, 5.74) is 7.77. The Labute approximate surface area is 117 Å². The van der Waals surface area contributed by atoms with Crippen LogP contribution in [0.4, 0.5) is 5.69 Å². The number of tetrazole rings is 1. The molecule has 1 saturated heterocycles. The van der Waals surface area contributed by atoms with Gasteiger partial charge >= 0.3 is 0 Å². The first-order valence-corrected chi connectivity index (χ1v) is 6.87. The van der Waals surface area contributed by atoms with Crippen LogP contribution in [0.15, 0.2) is 24.3 Å². The van der Waals surface area contributed by atoms with Gasteiger partial charge in [-0.2, -0.15) is 0 Å². The summed E-state index contributed by atoms with van der Waals surface area (Å²) in [6.45, 7) is 4.66. The van der Waals surface area contributed by atoms with Crippen LogP contribution in [0.1, 0.15) is 19.8 Å². The van der Waals surface area contributed by atoms with Crippen LogP contribution in [0.5, 0.6) is 0 Å². The molecule has 0 spiro atoms. The third kappa shape index (κ3) is 2.51. The van der Waals surface area contributed by atoms with E-state index in [1.165, 1.54) is 0 Å². The smallest absolute Gasteiger partial charge is 0.184 e. The molecule has 20 heavy (non-hydrogen) atoms.